The van der Waals surface area contributed by atoms with E-state index in [9.17, 15) is 26.8 Å². The zero-order chi connectivity index (χ0) is 36.9. The highest BCUT2D eigenvalue weighted by molar-refractivity contribution is 7.89. The van der Waals surface area contributed by atoms with Gasteiger partial charge in [0.05, 0.1) is 10.9 Å². The number of hydrogen-bond donors (Lipinski definition) is 1. The minimum atomic E-state index is -3.98. The van der Waals surface area contributed by atoms with Crippen LogP contribution in [-0.2, 0) is 32.4 Å². The highest BCUT2D eigenvalue weighted by atomic mass is 32.2. The average Bonchev–Trinajstić information content (AvgIpc) is 3.07. The molecule has 0 aromatic heterocycles. The third kappa shape index (κ3) is 9.24. The maximum atomic E-state index is 15.6. The fraction of sp³-hybridized carbons (Fsp3) is 0.333. The van der Waals surface area contributed by atoms with E-state index in [-0.39, 0.29) is 49.4 Å². The van der Waals surface area contributed by atoms with Crippen molar-refractivity contribution in [2.75, 3.05) is 19.6 Å². The third-order valence-corrected chi connectivity index (χ3v) is 10.9. The van der Waals surface area contributed by atoms with E-state index >= 15 is 4.39 Å². The predicted molar refractivity (Wildman–Crippen MR) is 188 cm³/mol. The van der Waals surface area contributed by atoms with Gasteiger partial charge in [0.1, 0.15) is 23.1 Å². The number of nitrogens with zero attached hydrogens (tertiary/aromatic N) is 2. The molecular formula is C39H42F3N3O5S. The second-order valence-electron chi connectivity index (χ2n) is 13.7. The monoisotopic (exact) mass is 721 g/mol. The van der Waals surface area contributed by atoms with Crippen molar-refractivity contribution in [3.05, 3.63) is 137 Å². The maximum Gasteiger partial charge on any atom is 0.410 e. The van der Waals surface area contributed by atoms with Crippen molar-refractivity contribution in [3.8, 4) is 0 Å². The Labute approximate surface area is 297 Å². The van der Waals surface area contributed by atoms with Gasteiger partial charge >= 0.3 is 6.09 Å². The molecule has 2 atom stereocenters. The number of ketones is 1. The van der Waals surface area contributed by atoms with Gasteiger partial charge in [0.2, 0.25) is 10.0 Å². The Morgan fingerprint density at radius 1 is 0.863 bits per heavy atom. The van der Waals surface area contributed by atoms with Gasteiger partial charge in [0.25, 0.3) is 0 Å². The van der Waals surface area contributed by atoms with E-state index in [4.69, 9.17) is 10.5 Å². The van der Waals surface area contributed by atoms with E-state index in [2.05, 4.69) is 0 Å². The number of carbonyl (C=O) groups excluding carboxylic acids is 2. The van der Waals surface area contributed by atoms with E-state index in [1.54, 1.807) is 57.2 Å². The van der Waals surface area contributed by atoms with E-state index in [1.165, 1.54) is 69.9 Å². The second-order valence-corrected chi connectivity index (χ2v) is 15.6. The number of sulfonamides is 1. The molecule has 2 N–H and O–H groups in total. The first-order valence-electron chi connectivity index (χ1n) is 16.7. The van der Waals surface area contributed by atoms with Crippen molar-refractivity contribution < 1.29 is 35.9 Å². The van der Waals surface area contributed by atoms with Crippen LogP contribution in [0, 0.1) is 17.5 Å². The van der Waals surface area contributed by atoms with Gasteiger partial charge < -0.3 is 15.4 Å². The first kappa shape index (κ1) is 37.7. The highest BCUT2D eigenvalue weighted by Gasteiger charge is 2.39. The summed E-state index contributed by atoms with van der Waals surface area (Å²) < 4.78 is 78.7. The van der Waals surface area contributed by atoms with E-state index in [0.29, 0.717) is 16.7 Å². The fourth-order valence-electron chi connectivity index (χ4n) is 6.47. The van der Waals surface area contributed by atoms with Gasteiger partial charge in [-0.25, -0.2) is 26.4 Å². The van der Waals surface area contributed by atoms with E-state index in [0.717, 1.165) is 0 Å². The van der Waals surface area contributed by atoms with Crippen LogP contribution in [0.2, 0.25) is 0 Å². The van der Waals surface area contributed by atoms with Gasteiger partial charge in [-0.2, -0.15) is 4.31 Å². The zero-order valence-corrected chi connectivity index (χ0v) is 29.6. The number of halogens is 3. The van der Waals surface area contributed by atoms with Crippen molar-refractivity contribution in [1.29, 1.82) is 0 Å². The van der Waals surface area contributed by atoms with Gasteiger partial charge in [-0.1, -0.05) is 54.6 Å². The lowest BCUT2D eigenvalue weighted by atomic mass is 9.82. The summed E-state index contributed by atoms with van der Waals surface area (Å²) in [6.07, 6.45) is -0.707. The number of Topliss-reactive ketones (excluding diaryl/α,β-unsaturated/α-hetero) is 1. The molecule has 1 aliphatic heterocycles. The molecule has 1 saturated heterocycles. The molecule has 1 heterocycles. The van der Waals surface area contributed by atoms with E-state index in [1.807, 2.05) is 0 Å². The molecule has 8 nitrogen and oxygen atoms in total. The predicted octanol–water partition coefficient (Wildman–Crippen LogP) is 6.62. The van der Waals surface area contributed by atoms with Crippen molar-refractivity contribution in [1.82, 2.24) is 9.21 Å². The molecule has 0 unspecified atom stereocenters. The zero-order valence-electron chi connectivity index (χ0n) is 28.8. The molecular weight excluding hydrogens is 680 g/mol. The fourth-order valence-corrected chi connectivity index (χ4v) is 8.13. The summed E-state index contributed by atoms with van der Waals surface area (Å²) in [6, 6.07) is 21.5. The molecule has 1 fully saturated rings. The van der Waals surface area contributed by atoms with Crippen LogP contribution in [0.5, 0.6) is 0 Å². The summed E-state index contributed by atoms with van der Waals surface area (Å²) in [5, 5.41) is 0. The van der Waals surface area contributed by atoms with Crippen LogP contribution in [0.1, 0.15) is 55.4 Å². The number of amides is 1. The quantitative estimate of drug-likeness (QED) is 0.187. The summed E-state index contributed by atoms with van der Waals surface area (Å²) in [5.74, 6) is -3.05. The smallest absolute Gasteiger partial charge is 0.410 e. The minimum absolute atomic E-state index is 0.000153. The van der Waals surface area contributed by atoms with Gasteiger partial charge in [0.15, 0.2) is 5.78 Å². The molecule has 0 saturated carbocycles. The molecule has 1 aliphatic rings. The number of carbonyl (C=O) groups is 2. The number of rotatable bonds is 11. The minimum Gasteiger partial charge on any atom is -0.444 e. The summed E-state index contributed by atoms with van der Waals surface area (Å²) in [4.78, 5) is 28.4. The molecule has 12 heteroatoms. The Bertz CT molecular complexity index is 1920. The summed E-state index contributed by atoms with van der Waals surface area (Å²) >= 11 is 0. The summed E-state index contributed by atoms with van der Waals surface area (Å²) in [6.45, 7) is 5.34. The van der Waals surface area contributed by atoms with Crippen molar-refractivity contribution in [2.45, 2.75) is 68.5 Å². The number of ether oxygens (including phenoxy) is 1. The lowest BCUT2D eigenvalue weighted by molar-refractivity contribution is -0.120. The molecule has 4 aromatic rings. The van der Waals surface area contributed by atoms with Crippen molar-refractivity contribution in [3.63, 3.8) is 0 Å². The van der Waals surface area contributed by atoms with Crippen molar-refractivity contribution >= 4 is 21.9 Å². The highest BCUT2D eigenvalue weighted by Crippen LogP contribution is 2.31. The molecule has 0 radical (unpaired) electrons. The summed E-state index contributed by atoms with van der Waals surface area (Å²) in [5.41, 5.74) is 7.11. The van der Waals surface area contributed by atoms with Crippen LogP contribution in [0.4, 0.5) is 18.0 Å². The van der Waals surface area contributed by atoms with Gasteiger partial charge in [-0.15, -0.1) is 0 Å². The first-order chi connectivity index (χ1) is 24.1. The molecule has 0 spiro atoms. The van der Waals surface area contributed by atoms with E-state index < -0.39 is 63.0 Å². The number of benzene rings is 4. The van der Waals surface area contributed by atoms with Gasteiger partial charge in [0, 0.05) is 38.0 Å². The Morgan fingerprint density at radius 3 is 2.06 bits per heavy atom. The van der Waals surface area contributed by atoms with Crippen molar-refractivity contribution in [2.24, 2.45) is 5.73 Å². The molecule has 270 valence electrons. The largest absolute Gasteiger partial charge is 0.444 e. The van der Waals surface area contributed by atoms with Crippen LogP contribution < -0.4 is 5.73 Å². The molecule has 0 bridgehead atoms. The van der Waals surface area contributed by atoms with Crippen LogP contribution in [0.25, 0.3) is 0 Å². The Kier molecular flexibility index (Phi) is 11.7. The Hall–Kier alpha value is -4.52. The number of hydrogen-bond acceptors (Lipinski definition) is 6. The molecule has 0 aliphatic carbocycles. The molecule has 51 heavy (non-hydrogen) atoms. The standard InChI is InChI=1S/C39H42F3N3O5S/c1-39(2,3)50-38(47)44-20-21-45(51(48,49)32-15-5-4-6-16-32)31(25-44)18-19-33-26(10-9-17-34(33)42)24-35(46)37(43)36(27-11-7-13-29(40)22-27)28-12-8-14-30(41)23-28/h4-17,22-23,31,36-37H,18-21,24-25,43H2,1-3H3/t31-,37+/m0/s1. The first-order valence-corrected chi connectivity index (χ1v) is 18.2. The third-order valence-electron chi connectivity index (χ3n) is 8.88. The Morgan fingerprint density at radius 2 is 1.47 bits per heavy atom. The number of piperazine rings is 1. The lowest BCUT2D eigenvalue weighted by Crippen LogP contribution is -2.57. The normalized spacial score (nSPS) is 16.2. The van der Waals surface area contributed by atoms with Crippen LogP contribution >= 0.6 is 0 Å². The topological polar surface area (TPSA) is 110 Å². The number of nitrogens with two attached hydrogens (primary N) is 1. The average molecular weight is 722 g/mol. The van der Waals surface area contributed by atoms with Crippen LogP contribution in [-0.4, -0.2) is 66.8 Å². The van der Waals surface area contributed by atoms with Gasteiger partial charge in [-0.3, -0.25) is 4.79 Å². The maximum absolute atomic E-state index is 15.6. The molecule has 4 aromatic carbocycles. The molecule has 5 rings (SSSR count). The second kappa shape index (κ2) is 15.8. The molecule has 1 amide bonds. The van der Waals surface area contributed by atoms with Crippen LogP contribution in [0.3, 0.4) is 0 Å². The Balaban J connectivity index is 1.41. The summed E-state index contributed by atoms with van der Waals surface area (Å²) in [7, 11) is -3.98. The SMILES string of the molecule is CC(C)(C)OC(=O)N1CCN(S(=O)(=O)c2ccccc2)[C@@H](CCc2c(F)cccc2CC(=O)[C@@H](N)C(c2cccc(F)c2)c2cccc(F)c2)C1. The lowest BCUT2D eigenvalue weighted by Gasteiger charge is -2.41. The van der Waals surface area contributed by atoms with Gasteiger partial charge in [-0.05, 0) is 98.3 Å². The van der Waals surface area contributed by atoms with Crippen LogP contribution in [0.15, 0.2) is 102 Å².